The fourth-order valence-electron chi connectivity index (χ4n) is 8.18. The van der Waals surface area contributed by atoms with Crippen LogP contribution in [0.1, 0.15) is 86.0 Å². The van der Waals surface area contributed by atoms with Crippen LogP contribution >= 0.6 is 0 Å². The minimum atomic E-state index is -0.636. The van der Waals surface area contributed by atoms with Crippen LogP contribution in [0.5, 0.6) is 0 Å². The molecule has 2 nitrogen and oxygen atoms in total. The van der Waals surface area contributed by atoms with Crippen molar-refractivity contribution in [3.63, 3.8) is 0 Å². The fraction of sp³-hybridized carbons (Fsp3) is 0.815. The normalized spacial score (nSPS) is 47.9. The largest absolute Gasteiger partial charge is 0.389 e. The molecule has 3 fully saturated rings. The Hall–Kier alpha value is -0.890. The van der Waals surface area contributed by atoms with Gasteiger partial charge in [-0.1, -0.05) is 52.8 Å². The molecular formula is C27H42O2. The molecule has 0 aliphatic heterocycles. The van der Waals surface area contributed by atoms with Crippen LogP contribution in [-0.4, -0.2) is 16.5 Å². The lowest BCUT2D eigenvalue weighted by atomic mass is 9.43. The van der Waals surface area contributed by atoms with Crippen LogP contribution < -0.4 is 0 Å². The highest BCUT2D eigenvalue weighted by atomic mass is 16.3. The van der Waals surface area contributed by atoms with Crippen molar-refractivity contribution in [1.82, 2.24) is 0 Å². The molecule has 4 aliphatic rings. The Balaban J connectivity index is 1.58. The average Bonchev–Trinajstić information content (AvgIpc) is 3.00. The van der Waals surface area contributed by atoms with Crippen molar-refractivity contribution in [3.8, 4) is 0 Å². The summed E-state index contributed by atoms with van der Waals surface area (Å²) in [5, 5.41) is 12.1. The summed E-state index contributed by atoms with van der Waals surface area (Å²) in [5.41, 5.74) is -0.523. The summed E-state index contributed by atoms with van der Waals surface area (Å²) >= 11 is 0. The third kappa shape index (κ3) is 3.20. The molecule has 0 amide bonds. The fourth-order valence-corrected chi connectivity index (χ4v) is 8.18. The molecule has 2 heteroatoms. The third-order valence-corrected chi connectivity index (χ3v) is 9.98. The van der Waals surface area contributed by atoms with Crippen molar-refractivity contribution in [3.05, 3.63) is 24.3 Å². The molecule has 4 aliphatic carbocycles. The summed E-state index contributed by atoms with van der Waals surface area (Å²) in [6, 6.07) is 0. The Labute approximate surface area is 178 Å². The van der Waals surface area contributed by atoms with Gasteiger partial charge in [-0.05, 0) is 91.9 Å². The van der Waals surface area contributed by atoms with Gasteiger partial charge in [0.25, 0.3) is 0 Å². The summed E-state index contributed by atoms with van der Waals surface area (Å²) in [4.78, 5) is 12.0. The summed E-state index contributed by atoms with van der Waals surface area (Å²) in [5.74, 6) is 3.65. The maximum Gasteiger partial charge on any atom is 0.155 e. The van der Waals surface area contributed by atoms with E-state index in [1.54, 1.807) is 6.08 Å². The number of carbonyl (C=O) groups is 1. The highest BCUT2D eigenvalue weighted by molar-refractivity contribution is 5.91. The maximum absolute atomic E-state index is 12.1. The summed E-state index contributed by atoms with van der Waals surface area (Å²) in [7, 11) is 0. The van der Waals surface area contributed by atoms with Crippen LogP contribution in [0.25, 0.3) is 0 Å². The lowest BCUT2D eigenvalue weighted by Crippen LogP contribution is -2.64. The minimum absolute atomic E-state index is 0.230. The SMILES string of the molecule is CC(C)C/C=C/[C@@H](C)[C@H]1CC[C@H]2[C@@H]3CC[C@H]4CC(=O)C=C[C@]4(C)[C@@]3(O)CC[C@]12C. The molecule has 29 heavy (non-hydrogen) atoms. The lowest BCUT2D eigenvalue weighted by molar-refractivity contribution is -0.211. The van der Waals surface area contributed by atoms with E-state index in [1.807, 2.05) is 0 Å². The zero-order chi connectivity index (χ0) is 21.0. The Bertz CT molecular complexity index is 705. The lowest BCUT2D eigenvalue weighted by Gasteiger charge is -2.63. The predicted molar refractivity (Wildman–Crippen MR) is 119 cm³/mol. The van der Waals surface area contributed by atoms with E-state index in [0.29, 0.717) is 35.5 Å². The van der Waals surface area contributed by atoms with Gasteiger partial charge in [-0.25, -0.2) is 0 Å². The first-order valence-corrected chi connectivity index (χ1v) is 12.2. The highest BCUT2D eigenvalue weighted by Crippen LogP contribution is 2.68. The Kier molecular flexibility index (Phi) is 5.42. The molecule has 4 rings (SSSR count). The van der Waals surface area contributed by atoms with Gasteiger partial charge in [-0.3, -0.25) is 4.79 Å². The van der Waals surface area contributed by atoms with E-state index in [4.69, 9.17) is 0 Å². The van der Waals surface area contributed by atoms with Crippen molar-refractivity contribution in [1.29, 1.82) is 0 Å². The molecule has 0 bridgehead atoms. The maximum atomic E-state index is 12.1. The van der Waals surface area contributed by atoms with Crippen LogP contribution in [-0.2, 0) is 4.79 Å². The Morgan fingerprint density at radius 3 is 2.55 bits per heavy atom. The van der Waals surface area contributed by atoms with Crippen molar-refractivity contribution >= 4 is 5.78 Å². The second-order valence-corrected chi connectivity index (χ2v) is 11.8. The zero-order valence-corrected chi connectivity index (χ0v) is 19.3. The van der Waals surface area contributed by atoms with Crippen LogP contribution in [0, 0.1) is 46.3 Å². The number of hydrogen-bond acceptors (Lipinski definition) is 2. The standard InChI is InChI=1S/C27H42O2/c1-18(2)7-6-8-19(3)22-11-12-23-24-10-9-20-17-21(28)13-14-26(20,5)27(24,29)16-15-25(22,23)4/h6,8,13-14,18-20,22-24,29H,7,9-12,15-17H2,1-5H3/b8-6+/t19-,20+,22-,23+,24+,25-,26+,27-/m1/s1. The average molecular weight is 399 g/mol. The third-order valence-electron chi connectivity index (χ3n) is 9.98. The van der Waals surface area contributed by atoms with Gasteiger partial charge in [0, 0.05) is 11.8 Å². The van der Waals surface area contributed by atoms with E-state index in [0.717, 1.165) is 37.5 Å². The number of ketones is 1. The van der Waals surface area contributed by atoms with E-state index in [2.05, 4.69) is 52.8 Å². The van der Waals surface area contributed by atoms with E-state index in [-0.39, 0.29) is 11.2 Å². The topological polar surface area (TPSA) is 37.3 Å². The molecule has 0 aromatic rings. The molecule has 0 heterocycles. The molecule has 0 saturated heterocycles. The molecule has 0 unspecified atom stereocenters. The number of aliphatic hydroxyl groups is 1. The second-order valence-electron chi connectivity index (χ2n) is 11.8. The van der Waals surface area contributed by atoms with Gasteiger partial charge in [0.05, 0.1) is 5.60 Å². The van der Waals surface area contributed by atoms with Crippen molar-refractivity contribution in [2.75, 3.05) is 0 Å². The molecule has 162 valence electrons. The Morgan fingerprint density at radius 2 is 1.83 bits per heavy atom. The number of fused-ring (bicyclic) bond motifs is 5. The molecule has 8 atom stereocenters. The van der Waals surface area contributed by atoms with Gasteiger partial charge in [0.2, 0.25) is 0 Å². The van der Waals surface area contributed by atoms with Gasteiger partial charge in [-0.15, -0.1) is 0 Å². The van der Waals surface area contributed by atoms with Gasteiger partial charge in [0.15, 0.2) is 5.78 Å². The van der Waals surface area contributed by atoms with Gasteiger partial charge >= 0.3 is 0 Å². The predicted octanol–water partition coefficient (Wildman–Crippen LogP) is 6.34. The van der Waals surface area contributed by atoms with E-state index >= 15 is 0 Å². The van der Waals surface area contributed by atoms with Crippen molar-refractivity contribution in [2.45, 2.75) is 91.6 Å². The van der Waals surface area contributed by atoms with Gasteiger partial charge < -0.3 is 5.11 Å². The first-order valence-electron chi connectivity index (χ1n) is 12.2. The molecule has 0 aromatic heterocycles. The molecule has 1 N–H and O–H groups in total. The van der Waals surface area contributed by atoms with E-state index < -0.39 is 5.60 Å². The van der Waals surface area contributed by atoms with Gasteiger partial charge in [0.1, 0.15) is 0 Å². The van der Waals surface area contributed by atoms with Crippen LogP contribution in [0.2, 0.25) is 0 Å². The number of allylic oxidation sites excluding steroid dienone is 3. The molecule has 0 spiro atoms. The summed E-state index contributed by atoms with van der Waals surface area (Å²) in [6.07, 6.45) is 17.3. The molecule has 3 saturated carbocycles. The summed E-state index contributed by atoms with van der Waals surface area (Å²) in [6.45, 7) is 11.8. The van der Waals surface area contributed by atoms with E-state index in [9.17, 15) is 9.90 Å². The first kappa shape index (κ1) is 21.3. The van der Waals surface area contributed by atoms with Crippen LogP contribution in [0.15, 0.2) is 24.3 Å². The van der Waals surface area contributed by atoms with Crippen LogP contribution in [0.3, 0.4) is 0 Å². The smallest absolute Gasteiger partial charge is 0.155 e. The minimum Gasteiger partial charge on any atom is -0.389 e. The zero-order valence-electron chi connectivity index (χ0n) is 19.3. The van der Waals surface area contributed by atoms with E-state index in [1.165, 1.54) is 19.3 Å². The summed E-state index contributed by atoms with van der Waals surface area (Å²) < 4.78 is 0. The quantitative estimate of drug-likeness (QED) is 0.561. The monoisotopic (exact) mass is 398 g/mol. The number of rotatable bonds is 4. The number of hydrogen-bond donors (Lipinski definition) is 1. The highest BCUT2D eigenvalue weighted by Gasteiger charge is 2.66. The Morgan fingerprint density at radius 1 is 1.10 bits per heavy atom. The first-order chi connectivity index (χ1) is 13.6. The molecule has 0 radical (unpaired) electrons. The van der Waals surface area contributed by atoms with Crippen LogP contribution in [0.4, 0.5) is 0 Å². The van der Waals surface area contributed by atoms with Crippen molar-refractivity contribution in [2.24, 2.45) is 46.3 Å². The molecule has 0 aromatic carbocycles. The van der Waals surface area contributed by atoms with Crippen molar-refractivity contribution < 1.29 is 9.90 Å². The second kappa shape index (κ2) is 7.36. The molecular weight excluding hydrogens is 356 g/mol. The number of carbonyl (C=O) groups excluding carboxylic acids is 1. The van der Waals surface area contributed by atoms with Gasteiger partial charge in [-0.2, -0.15) is 0 Å².